The summed E-state index contributed by atoms with van der Waals surface area (Å²) in [6.45, 7) is 4.84. The Morgan fingerprint density at radius 1 is 1.61 bits per heavy atom. The minimum atomic E-state index is -0.406. The first kappa shape index (κ1) is 13.1. The molecule has 1 aromatic rings. The maximum Gasteiger partial charge on any atom is 0.374 e. The van der Waals surface area contributed by atoms with Crippen LogP contribution in [-0.2, 0) is 11.3 Å². The highest BCUT2D eigenvalue weighted by Gasteiger charge is 2.30. The molecule has 0 N–H and O–H groups in total. The quantitative estimate of drug-likeness (QED) is 0.754. The van der Waals surface area contributed by atoms with Gasteiger partial charge >= 0.3 is 5.97 Å². The molecule has 1 unspecified atom stereocenters. The highest BCUT2D eigenvalue weighted by molar-refractivity contribution is 5.87. The van der Waals surface area contributed by atoms with Crippen LogP contribution in [0.4, 0.5) is 0 Å². The molecule has 1 aromatic heterocycles. The molecule has 1 heterocycles. The average molecular weight is 251 g/mol. The lowest BCUT2D eigenvalue weighted by atomic mass is 10.2. The van der Waals surface area contributed by atoms with Gasteiger partial charge in [0.1, 0.15) is 5.76 Å². The van der Waals surface area contributed by atoms with Crippen LogP contribution >= 0.6 is 0 Å². The van der Waals surface area contributed by atoms with Gasteiger partial charge in [0.05, 0.1) is 13.7 Å². The molecule has 0 aromatic carbocycles. The second kappa shape index (κ2) is 5.14. The van der Waals surface area contributed by atoms with E-state index in [1.54, 1.807) is 0 Å². The molecule has 4 heteroatoms. The van der Waals surface area contributed by atoms with Gasteiger partial charge in [-0.1, -0.05) is 0 Å². The third-order valence-corrected chi connectivity index (χ3v) is 3.74. The minimum Gasteiger partial charge on any atom is -0.463 e. The van der Waals surface area contributed by atoms with Gasteiger partial charge in [-0.15, -0.1) is 0 Å². The third kappa shape index (κ3) is 2.75. The number of nitrogens with zero attached hydrogens (tertiary/aromatic N) is 1. The SMILES string of the molecule is COC(=O)c1oc(CN(C)C(C)C2CC2)cc1C. The number of methoxy groups -OCH3 is 1. The van der Waals surface area contributed by atoms with E-state index in [9.17, 15) is 4.79 Å². The Kier molecular flexibility index (Phi) is 3.76. The third-order valence-electron chi connectivity index (χ3n) is 3.74. The van der Waals surface area contributed by atoms with Crippen LogP contribution in [0.3, 0.4) is 0 Å². The van der Waals surface area contributed by atoms with Crippen LogP contribution in [0, 0.1) is 12.8 Å². The van der Waals surface area contributed by atoms with Crippen LogP contribution in [0.2, 0.25) is 0 Å². The summed E-state index contributed by atoms with van der Waals surface area (Å²) in [5.41, 5.74) is 0.837. The number of aryl methyl sites for hydroxylation is 1. The molecule has 1 fully saturated rings. The van der Waals surface area contributed by atoms with Crippen LogP contribution in [0.5, 0.6) is 0 Å². The molecule has 2 rings (SSSR count). The maximum atomic E-state index is 11.5. The lowest BCUT2D eigenvalue weighted by Crippen LogP contribution is -2.30. The van der Waals surface area contributed by atoms with E-state index in [1.165, 1.54) is 20.0 Å². The van der Waals surface area contributed by atoms with E-state index in [0.29, 0.717) is 11.8 Å². The van der Waals surface area contributed by atoms with Crippen LogP contribution in [0.1, 0.15) is 41.6 Å². The van der Waals surface area contributed by atoms with E-state index >= 15 is 0 Å². The van der Waals surface area contributed by atoms with Crippen molar-refractivity contribution in [2.75, 3.05) is 14.2 Å². The minimum absolute atomic E-state index is 0.319. The van der Waals surface area contributed by atoms with E-state index < -0.39 is 5.97 Å². The Morgan fingerprint density at radius 2 is 2.28 bits per heavy atom. The van der Waals surface area contributed by atoms with Crippen LogP contribution in [0.25, 0.3) is 0 Å². The molecule has 100 valence electrons. The van der Waals surface area contributed by atoms with Gasteiger partial charge in [0, 0.05) is 11.6 Å². The first-order chi connectivity index (χ1) is 8.52. The van der Waals surface area contributed by atoms with Gasteiger partial charge in [-0.3, -0.25) is 4.90 Å². The van der Waals surface area contributed by atoms with Crippen molar-refractivity contribution in [3.05, 3.63) is 23.2 Å². The van der Waals surface area contributed by atoms with Gasteiger partial charge < -0.3 is 9.15 Å². The maximum absolute atomic E-state index is 11.5. The number of hydrogen-bond donors (Lipinski definition) is 0. The van der Waals surface area contributed by atoms with Gasteiger partial charge in [-0.25, -0.2) is 4.79 Å². The average Bonchev–Trinajstić information content (AvgIpc) is 3.12. The number of carbonyl (C=O) groups excluding carboxylic acids is 1. The molecule has 1 saturated carbocycles. The fourth-order valence-corrected chi connectivity index (χ4v) is 2.25. The highest BCUT2D eigenvalue weighted by atomic mass is 16.5. The smallest absolute Gasteiger partial charge is 0.374 e. The summed E-state index contributed by atoms with van der Waals surface area (Å²) in [4.78, 5) is 13.7. The predicted molar refractivity (Wildman–Crippen MR) is 68.4 cm³/mol. The Hall–Kier alpha value is -1.29. The normalized spacial score (nSPS) is 16.9. The Morgan fingerprint density at radius 3 is 2.83 bits per heavy atom. The number of esters is 1. The summed E-state index contributed by atoms with van der Waals surface area (Å²) in [5.74, 6) is 1.56. The molecule has 0 radical (unpaired) electrons. The monoisotopic (exact) mass is 251 g/mol. The first-order valence-electron chi connectivity index (χ1n) is 6.40. The largest absolute Gasteiger partial charge is 0.463 e. The zero-order valence-corrected chi connectivity index (χ0v) is 11.5. The predicted octanol–water partition coefficient (Wildman–Crippen LogP) is 2.60. The van der Waals surface area contributed by atoms with E-state index in [1.807, 2.05) is 13.0 Å². The second-order valence-electron chi connectivity index (χ2n) is 5.21. The molecular weight excluding hydrogens is 230 g/mol. The Bertz CT molecular complexity index is 434. The van der Waals surface area contributed by atoms with Gasteiger partial charge in [0.25, 0.3) is 0 Å². The van der Waals surface area contributed by atoms with Crippen LogP contribution in [-0.4, -0.2) is 31.1 Å². The molecule has 4 nitrogen and oxygen atoms in total. The van der Waals surface area contributed by atoms with Gasteiger partial charge in [-0.05, 0) is 45.7 Å². The van der Waals surface area contributed by atoms with Crippen molar-refractivity contribution in [3.63, 3.8) is 0 Å². The van der Waals surface area contributed by atoms with Crippen molar-refractivity contribution in [2.45, 2.75) is 39.3 Å². The van der Waals surface area contributed by atoms with Crippen molar-refractivity contribution >= 4 is 5.97 Å². The Labute approximate surface area is 108 Å². The van der Waals surface area contributed by atoms with Crippen molar-refractivity contribution < 1.29 is 13.9 Å². The molecule has 1 aliphatic carbocycles. The molecule has 0 amide bonds. The standard InChI is InChI=1S/C14H21NO3/c1-9-7-12(18-13(9)14(16)17-4)8-15(3)10(2)11-5-6-11/h7,10-11H,5-6,8H2,1-4H3. The van der Waals surface area contributed by atoms with Gasteiger partial charge in [0.2, 0.25) is 5.76 Å². The molecule has 0 saturated heterocycles. The fourth-order valence-electron chi connectivity index (χ4n) is 2.25. The number of hydrogen-bond acceptors (Lipinski definition) is 4. The number of rotatable bonds is 5. The van der Waals surface area contributed by atoms with E-state index in [-0.39, 0.29) is 0 Å². The molecule has 1 aliphatic rings. The molecular formula is C14H21NO3. The lowest BCUT2D eigenvalue weighted by Gasteiger charge is -2.23. The van der Waals surface area contributed by atoms with E-state index in [0.717, 1.165) is 23.8 Å². The van der Waals surface area contributed by atoms with E-state index in [4.69, 9.17) is 4.42 Å². The van der Waals surface area contributed by atoms with Gasteiger partial charge in [0.15, 0.2) is 0 Å². The molecule has 0 aliphatic heterocycles. The highest BCUT2D eigenvalue weighted by Crippen LogP contribution is 2.35. The van der Waals surface area contributed by atoms with Crippen LogP contribution < -0.4 is 0 Å². The summed E-state index contributed by atoms with van der Waals surface area (Å²) < 4.78 is 10.3. The molecule has 0 bridgehead atoms. The number of carbonyl (C=O) groups is 1. The number of ether oxygens (including phenoxy) is 1. The molecule has 1 atom stereocenters. The molecule has 0 spiro atoms. The zero-order chi connectivity index (χ0) is 13.3. The number of furan rings is 1. The topological polar surface area (TPSA) is 42.7 Å². The summed E-state index contributed by atoms with van der Waals surface area (Å²) in [7, 11) is 3.46. The first-order valence-corrected chi connectivity index (χ1v) is 6.40. The summed E-state index contributed by atoms with van der Waals surface area (Å²) in [6.07, 6.45) is 2.66. The van der Waals surface area contributed by atoms with Crippen molar-refractivity contribution in [2.24, 2.45) is 5.92 Å². The molecule has 18 heavy (non-hydrogen) atoms. The summed E-state index contributed by atoms with van der Waals surface area (Å²) in [5, 5.41) is 0. The summed E-state index contributed by atoms with van der Waals surface area (Å²) >= 11 is 0. The van der Waals surface area contributed by atoms with Gasteiger partial charge in [-0.2, -0.15) is 0 Å². The zero-order valence-electron chi connectivity index (χ0n) is 11.5. The van der Waals surface area contributed by atoms with Crippen molar-refractivity contribution in [1.82, 2.24) is 4.90 Å². The van der Waals surface area contributed by atoms with Crippen molar-refractivity contribution in [1.29, 1.82) is 0 Å². The Balaban J connectivity index is 2.03. The summed E-state index contributed by atoms with van der Waals surface area (Å²) in [6, 6.07) is 2.49. The second-order valence-corrected chi connectivity index (χ2v) is 5.21. The van der Waals surface area contributed by atoms with Crippen LogP contribution in [0.15, 0.2) is 10.5 Å². The fraction of sp³-hybridized carbons (Fsp3) is 0.643. The van der Waals surface area contributed by atoms with Crippen molar-refractivity contribution in [3.8, 4) is 0 Å². The lowest BCUT2D eigenvalue weighted by molar-refractivity contribution is 0.0559. The van der Waals surface area contributed by atoms with E-state index in [2.05, 4.69) is 23.6 Å².